The minimum Gasteiger partial charge on any atom is -0.337 e. The zero-order valence-corrected chi connectivity index (χ0v) is 11.7. The van der Waals surface area contributed by atoms with E-state index < -0.39 is 0 Å². The Hall–Kier alpha value is -0.530. The molecule has 0 N–H and O–H groups in total. The molecule has 0 heterocycles. The van der Waals surface area contributed by atoms with E-state index >= 15 is 0 Å². The maximum absolute atomic E-state index is 12.3. The number of rotatable bonds is 4. The Labute approximate surface area is 100 Å². The molecule has 1 fully saturated rings. The summed E-state index contributed by atoms with van der Waals surface area (Å²) in [7, 11) is 0. The van der Waals surface area contributed by atoms with Crippen LogP contribution in [-0.4, -0.2) is 22.9 Å². The predicted octanol–water partition coefficient (Wildman–Crippen LogP) is 3.46. The molecule has 0 aromatic rings. The van der Waals surface area contributed by atoms with Crippen molar-refractivity contribution in [2.24, 2.45) is 11.3 Å². The maximum Gasteiger partial charge on any atom is 0.223 e. The molecule has 1 saturated carbocycles. The Bertz CT molecular complexity index is 248. The fraction of sp³-hybridized carbons (Fsp3) is 0.929. The van der Waals surface area contributed by atoms with Crippen LogP contribution in [0, 0.1) is 11.3 Å². The third-order valence-corrected chi connectivity index (χ3v) is 3.31. The number of hydrogen-bond donors (Lipinski definition) is 0. The van der Waals surface area contributed by atoms with Gasteiger partial charge in [0.2, 0.25) is 5.91 Å². The molecule has 2 nitrogen and oxygen atoms in total. The van der Waals surface area contributed by atoms with Crippen molar-refractivity contribution < 1.29 is 4.79 Å². The summed E-state index contributed by atoms with van der Waals surface area (Å²) in [6, 6.07) is 0.912. The highest BCUT2D eigenvalue weighted by molar-refractivity contribution is 5.77. The van der Waals surface area contributed by atoms with E-state index in [1.165, 1.54) is 12.8 Å². The Morgan fingerprint density at radius 3 is 2.06 bits per heavy atom. The number of nitrogens with zero attached hydrogens (tertiary/aromatic N) is 1. The molecule has 0 spiro atoms. The van der Waals surface area contributed by atoms with E-state index in [9.17, 15) is 4.79 Å². The molecule has 0 aliphatic heterocycles. The summed E-state index contributed by atoms with van der Waals surface area (Å²) in [4.78, 5) is 14.5. The van der Waals surface area contributed by atoms with Crippen molar-refractivity contribution in [1.29, 1.82) is 0 Å². The third-order valence-electron chi connectivity index (χ3n) is 3.31. The molecule has 0 radical (unpaired) electrons. The van der Waals surface area contributed by atoms with Crippen LogP contribution in [0.4, 0.5) is 0 Å². The van der Waals surface area contributed by atoms with Crippen LogP contribution in [0.15, 0.2) is 0 Å². The van der Waals surface area contributed by atoms with E-state index in [-0.39, 0.29) is 5.41 Å². The van der Waals surface area contributed by atoms with Crippen molar-refractivity contribution in [2.75, 3.05) is 0 Å². The fourth-order valence-corrected chi connectivity index (χ4v) is 1.98. The third kappa shape index (κ3) is 3.80. The molecular formula is C14H27NO. The van der Waals surface area contributed by atoms with E-state index in [0.29, 0.717) is 30.3 Å². The summed E-state index contributed by atoms with van der Waals surface area (Å²) in [6.45, 7) is 13.0. The highest BCUT2D eigenvalue weighted by Gasteiger charge is 2.37. The van der Waals surface area contributed by atoms with Crippen LogP contribution in [0.25, 0.3) is 0 Å². The smallest absolute Gasteiger partial charge is 0.223 e. The highest BCUT2D eigenvalue weighted by atomic mass is 16.2. The van der Waals surface area contributed by atoms with Gasteiger partial charge in [0.1, 0.15) is 0 Å². The average Bonchev–Trinajstić information content (AvgIpc) is 2.84. The first-order valence-corrected chi connectivity index (χ1v) is 6.53. The summed E-state index contributed by atoms with van der Waals surface area (Å²) >= 11 is 0. The molecule has 1 unspecified atom stereocenters. The van der Waals surface area contributed by atoms with Gasteiger partial charge in [-0.15, -0.1) is 0 Å². The molecule has 0 aromatic carbocycles. The number of carbonyl (C=O) groups excluding carboxylic acids is 1. The van der Waals surface area contributed by atoms with Crippen LogP contribution >= 0.6 is 0 Å². The van der Waals surface area contributed by atoms with Crippen LogP contribution in [0.2, 0.25) is 0 Å². The average molecular weight is 225 g/mol. The van der Waals surface area contributed by atoms with E-state index in [4.69, 9.17) is 0 Å². The second-order valence-electron chi connectivity index (χ2n) is 6.75. The number of hydrogen-bond acceptors (Lipinski definition) is 1. The lowest BCUT2D eigenvalue weighted by Crippen LogP contribution is -2.44. The van der Waals surface area contributed by atoms with Crippen LogP contribution in [0.5, 0.6) is 0 Å². The number of amides is 1. The molecule has 0 saturated heterocycles. The van der Waals surface area contributed by atoms with Crippen LogP contribution in [0.1, 0.15) is 60.8 Å². The second kappa shape index (κ2) is 4.77. The molecule has 0 bridgehead atoms. The van der Waals surface area contributed by atoms with Gasteiger partial charge < -0.3 is 4.90 Å². The largest absolute Gasteiger partial charge is 0.337 e. The molecular weight excluding hydrogens is 198 g/mol. The van der Waals surface area contributed by atoms with Crippen molar-refractivity contribution >= 4 is 5.91 Å². The van der Waals surface area contributed by atoms with Gasteiger partial charge >= 0.3 is 0 Å². The van der Waals surface area contributed by atoms with Gasteiger partial charge in [-0.1, -0.05) is 34.6 Å². The first kappa shape index (κ1) is 13.5. The lowest BCUT2D eigenvalue weighted by molar-refractivity contribution is -0.136. The van der Waals surface area contributed by atoms with Gasteiger partial charge in [-0.2, -0.15) is 0 Å². The Kier molecular flexibility index (Phi) is 4.03. The van der Waals surface area contributed by atoms with E-state index in [0.717, 1.165) is 0 Å². The lowest BCUT2D eigenvalue weighted by atomic mass is 9.91. The van der Waals surface area contributed by atoms with Gasteiger partial charge in [-0.3, -0.25) is 4.79 Å². The second-order valence-corrected chi connectivity index (χ2v) is 6.75. The first-order chi connectivity index (χ1) is 7.22. The summed E-state index contributed by atoms with van der Waals surface area (Å²) in [5.41, 5.74) is 0.0981. The van der Waals surface area contributed by atoms with Gasteiger partial charge in [0, 0.05) is 18.5 Å². The van der Waals surface area contributed by atoms with E-state index in [1.54, 1.807) is 0 Å². The van der Waals surface area contributed by atoms with Crippen LogP contribution < -0.4 is 0 Å². The van der Waals surface area contributed by atoms with Crippen molar-refractivity contribution in [1.82, 2.24) is 4.90 Å². The number of carbonyl (C=O) groups is 1. The minimum absolute atomic E-state index is 0.0981. The van der Waals surface area contributed by atoms with Crippen molar-refractivity contribution in [3.8, 4) is 0 Å². The topological polar surface area (TPSA) is 20.3 Å². The Balaban J connectivity index is 2.66. The summed E-state index contributed by atoms with van der Waals surface area (Å²) in [6.07, 6.45) is 3.07. The predicted molar refractivity (Wildman–Crippen MR) is 68.2 cm³/mol. The fourth-order valence-electron chi connectivity index (χ4n) is 1.98. The van der Waals surface area contributed by atoms with Crippen molar-refractivity contribution in [3.05, 3.63) is 0 Å². The van der Waals surface area contributed by atoms with Gasteiger partial charge in [0.15, 0.2) is 0 Å². The molecule has 94 valence electrons. The molecule has 1 aliphatic rings. The van der Waals surface area contributed by atoms with Crippen LogP contribution in [0.3, 0.4) is 0 Å². The van der Waals surface area contributed by atoms with E-state index in [2.05, 4.69) is 46.4 Å². The normalized spacial score (nSPS) is 18.7. The van der Waals surface area contributed by atoms with Gasteiger partial charge in [0.05, 0.1) is 0 Å². The SMILES string of the molecule is CC(C)C(C)N(C(=O)CC(C)(C)C)C1CC1. The van der Waals surface area contributed by atoms with Gasteiger partial charge in [0.25, 0.3) is 0 Å². The molecule has 1 aliphatic carbocycles. The lowest BCUT2D eigenvalue weighted by Gasteiger charge is -2.34. The molecule has 1 rings (SSSR count). The van der Waals surface area contributed by atoms with Crippen molar-refractivity contribution in [2.45, 2.75) is 72.9 Å². The monoisotopic (exact) mass is 225 g/mol. The maximum atomic E-state index is 12.3. The van der Waals surface area contributed by atoms with E-state index in [1.807, 2.05) is 0 Å². The standard InChI is InChI=1S/C14H27NO/c1-10(2)11(3)15(12-7-8-12)13(16)9-14(4,5)6/h10-12H,7-9H2,1-6H3. The molecule has 0 aromatic heterocycles. The summed E-state index contributed by atoms with van der Waals surface area (Å²) < 4.78 is 0. The van der Waals surface area contributed by atoms with Crippen molar-refractivity contribution in [3.63, 3.8) is 0 Å². The zero-order chi connectivity index (χ0) is 12.5. The minimum atomic E-state index is 0.0981. The summed E-state index contributed by atoms with van der Waals surface area (Å²) in [5, 5.41) is 0. The first-order valence-electron chi connectivity index (χ1n) is 6.53. The molecule has 16 heavy (non-hydrogen) atoms. The zero-order valence-electron chi connectivity index (χ0n) is 11.7. The highest BCUT2D eigenvalue weighted by Crippen LogP contribution is 2.33. The van der Waals surface area contributed by atoms with Crippen LogP contribution in [-0.2, 0) is 4.79 Å². The molecule has 1 amide bonds. The quantitative estimate of drug-likeness (QED) is 0.717. The molecule has 2 heteroatoms. The molecule has 1 atom stereocenters. The van der Waals surface area contributed by atoms with Gasteiger partial charge in [-0.25, -0.2) is 0 Å². The Morgan fingerprint density at radius 1 is 1.25 bits per heavy atom. The van der Waals surface area contributed by atoms with Gasteiger partial charge in [-0.05, 0) is 31.1 Å². The summed E-state index contributed by atoms with van der Waals surface area (Å²) in [5.74, 6) is 0.890. The Morgan fingerprint density at radius 2 is 1.75 bits per heavy atom.